The van der Waals surface area contributed by atoms with Gasteiger partial charge in [-0.05, 0) is 35.6 Å². The largest absolute Gasteiger partial charge is 0.497 e. The minimum atomic E-state index is -0.518. The molecule has 3 rings (SSSR count). The van der Waals surface area contributed by atoms with E-state index >= 15 is 0 Å². The van der Waals surface area contributed by atoms with Crippen LogP contribution in [0.5, 0.6) is 5.75 Å². The Kier molecular flexibility index (Phi) is 6.84. The number of benzene rings is 1. The van der Waals surface area contributed by atoms with Gasteiger partial charge in [0.2, 0.25) is 5.91 Å². The SMILES string of the molecule is COCCCNC(=O)Cn1c(=O)n(Cc2cccc(OC)c2)c(=O)c2sccc21. The highest BCUT2D eigenvalue weighted by atomic mass is 32.1. The summed E-state index contributed by atoms with van der Waals surface area (Å²) < 4.78 is 13.1. The molecule has 0 aliphatic heterocycles. The third-order valence-corrected chi connectivity index (χ3v) is 5.35. The van der Waals surface area contributed by atoms with Crippen molar-refractivity contribution in [3.63, 3.8) is 0 Å². The first-order valence-electron chi connectivity index (χ1n) is 9.14. The second kappa shape index (κ2) is 9.53. The van der Waals surface area contributed by atoms with Crippen LogP contribution in [0.2, 0.25) is 0 Å². The third-order valence-electron chi connectivity index (χ3n) is 4.46. The minimum absolute atomic E-state index is 0.0954. The number of aromatic nitrogens is 2. The van der Waals surface area contributed by atoms with Crippen LogP contribution < -0.4 is 21.3 Å². The molecule has 2 aromatic heterocycles. The third kappa shape index (κ3) is 4.75. The van der Waals surface area contributed by atoms with E-state index < -0.39 is 5.69 Å². The standard InChI is InChI=1S/C20H23N3O5S/c1-27-9-4-8-21-17(24)13-22-16-7-10-29-18(16)19(25)23(20(22)26)12-14-5-3-6-15(11-14)28-2/h3,5-7,10-11H,4,8-9,12-13H2,1-2H3,(H,21,24). The van der Waals surface area contributed by atoms with Gasteiger partial charge in [0.25, 0.3) is 5.56 Å². The normalized spacial score (nSPS) is 11.0. The molecule has 0 spiro atoms. The van der Waals surface area contributed by atoms with E-state index in [4.69, 9.17) is 9.47 Å². The Morgan fingerprint density at radius 3 is 2.76 bits per heavy atom. The van der Waals surface area contributed by atoms with Crippen molar-refractivity contribution in [2.24, 2.45) is 0 Å². The van der Waals surface area contributed by atoms with Crippen molar-refractivity contribution in [1.29, 1.82) is 0 Å². The van der Waals surface area contributed by atoms with E-state index in [1.807, 2.05) is 6.07 Å². The summed E-state index contributed by atoms with van der Waals surface area (Å²) in [6, 6.07) is 8.88. The lowest BCUT2D eigenvalue weighted by Crippen LogP contribution is -2.42. The molecule has 1 aromatic carbocycles. The summed E-state index contributed by atoms with van der Waals surface area (Å²) in [5, 5.41) is 4.51. The van der Waals surface area contributed by atoms with E-state index in [1.54, 1.807) is 43.9 Å². The maximum Gasteiger partial charge on any atom is 0.332 e. The van der Waals surface area contributed by atoms with Crippen LogP contribution in [0.15, 0.2) is 45.3 Å². The highest BCUT2D eigenvalue weighted by Crippen LogP contribution is 2.16. The van der Waals surface area contributed by atoms with Gasteiger partial charge in [0.1, 0.15) is 17.0 Å². The number of hydrogen-bond donors (Lipinski definition) is 1. The van der Waals surface area contributed by atoms with Crippen molar-refractivity contribution in [2.75, 3.05) is 27.4 Å². The second-order valence-corrected chi connectivity index (χ2v) is 7.36. The lowest BCUT2D eigenvalue weighted by molar-refractivity contribution is -0.121. The average Bonchev–Trinajstić information content (AvgIpc) is 3.22. The molecule has 2 heterocycles. The van der Waals surface area contributed by atoms with Gasteiger partial charge in [0.15, 0.2) is 0 Å². The van der Waals surface area contributed by atoms with Gasteiger partial charge in [0, 0.05) is 20.3 Å². The summed E-state index contributed by atoms with van der Waals surface area (Å²) in [6.45, 7) is 0.938. The number of nitrogens with zero attached hydrogens (tertiary/aromatic N) is 2. The zero-order valence-corrected chi connectivity index (χ0v) is 17.2. The van der Waals surface area contributed by atoms with Gasteiger partial charge in [0.05, 0.1) is 19.2 Å². The topological polar surface area (TPSA) is 91.6 Å². The molecule has 1 N–H and O–H groups in total. The molecule has 8 nitrogen and oxygen atoms in total. The summed E-state index contributed by atoms with van der Waals surface area (Å²) in [4.78, 5) is 38.3. The predicted molar refractivity (Wildman–Crippen MR) is 112 cm³/mol. The first kappa shape index (κ1) is 20.8. The number of nitrogens with one attached hydrogen (secondary N) is 1. The fourth-order valence-corrected chi connectivity index (χ4v) is 3.87. The van der Waals surface area contributed by atoms with Crippen LogP contribution in [-0.4, -0.2) is 42.4 Å². The second-order valence-electron chi connectivity index (χ2n) is 6.44. The number of ether oxygens (including phenoxy) is 2. The van der Waals surface area contributed by atoms with Gasteiger partial charge >= 0.3 is 5.69 Å². The van der Waals surface area contributed by atoms with Gasteiger partial charge in [-0.1, -0.05) is 12.1 Å². The lowest BCUT2D eigenvalue weighted by atomic mass is 10.2. The molecule has 154 valence electrons. The van der Waals surface area contributed by atoms with Crippen LogP contribution in [0, 0.1) is 0 Å². The van der Waals surface area contributed by atoms with Crippen LogP contribution in [0.1, 0.15) is 12.0 Å². The fraction of sp³-hybridized carbons (Fsp3) is 0.350. The van der Waals surface area contributed by atoms with E-state index in [9.17, 15) is 14.4 Å². The van der Waals surface area contributed by atoms with Gasteiger partial charge in [-0.3, -0.25) is 18.7 Å². The van der Waals surface area contributed by atoms with Gasteiger partial charge in [-0.25, -0.2) is 4.79 Å². The number of amides is 1. The van der Waals surface area contributed by atoms with Crippen LogP contribution in [0.3, 0.4) is 0 Å². The number of hydrogen-bond acceptors (Lipinski definition) is 6. The highest BCUT2D eigenvalue weighted by Gasteiger charge is 2.16. The minimum Gasteiger partial charge on any atom is -0.497 e. The maximum atomic E-state index is 13.1. The van der Waals surface area contributed by atoms with Crippen molar-refractivity contribution in [3.05, 3.63) is 62.1 Å². The van der Waals surface area contributed by atoms with E-state index in [1.165, 1.54) is 15.9 Å². The van der Waals surface area contributed by atoms with Gasteiger partial charge < -0.3 is 14.8 Å². The molecule has 0 fully saturated rings. The fourth-order valence-electron chi connectivity index (χ4n) is 3.02. The van der Waals surface area contributed by atoms with Crippen molar-refractivity contribution >= 4 is 27.5 Å². The Balaban J connectivity index is 1.94. The van der Waals surface area contributed by atoms with Crippen LogP contribution in [0.25, 0.3) is 10.2 Å². The van der Waals surface area contributed by atoms with Crippen LogP contribution in [0.4, 0.5) is 0 Å². The Labute approximate surface area is 171 Å². The van der Waals surface area contributed by atoms with Gasteiger partial charge in [-0.2, -0.15) is 0 Å². The maximum absolute atomic E-state index is 13.1. The first-order valence-corrected chi connectivity index (χ1v) is 10.0. The monoisotopic (exact) mass is 417 g/mol. The number of carbonyl (C=O) groups is 1. The number of carbonyl (C=O) groups excluding carboxylic acids is 1. The molecule has 0 bridgehead atoms. The molecule has 0 aliphatic rings. The van der Waals surface area contributed by atoms with E-state index in [2.05, 4.69) is 5.32 Å². The zero-order chi connectivity index (χ0) is 20.8. The summed E-state index contributed by atoms with van der Waals surface area (Å²) in [5.41, 5.74) is 0.351. The Morgan fingerprint density at radius 2 is 2.00 bits per heavy atom. The molecule has 3 aromatic rings. The Morgan fingerprint density at radius 1 is 1.17 bits per heavy atom. The molecule has 9 heteroatoms. The molecule has 0 atom stereocenters. The van der Waals surface area contributed by atoms with Crippen molar-refractivity contribution < 1.29 is 14.3 Å². The van der Waals surface area contributed by atoms with Crippen LogP contribution in [-0.2, 0) is 22.6 Å². The quantitative estimate of drug-likeness (QED) is 0.532. The molecule has 0 saturated carbocycles. The molecule has 0 unspecified atom stereocenters. The van der Waals surface area contributed by atoms with Crippen molar-refractivity contribution in [1.82, 2.24) is 14.5 Å². The predicted octanol–water partition coefficient (Wildman–Crippen LogP) is 1.43. The Hall–Kier alpha value is -2.91. The molecule has 0 radical (unpaired) electrons. The highest BCUT2D eigenvalue weighted by molar-refractivity contribution is 7.17. The summed E-state index contributed by atoms with van der Waals surface area (Å²) in [5.74, 6) is 0.353. The zero-order valence-electron chi connectivity index (χ0n) is 16.3. The average molecular weight is 417 g/mol. The number of thiophene rings is 1. The van der Waals surface area contributed by atoms with E-state index in [0.717, 1.165) is 10.1 Å². The van der Waals surface area contributed by atoms with E-state index in [0.29, 0.717) is 35.5 Å². The summed E-state index contributed by atoms with van der Waals surface area (Å²) >= 11 is 1.25. The smallest absolute Gasteiger partial charge is 0.332 e. The van der Waals surface area contributed by atoms with Crippen molar-refractivity contribution in [2.45, 2.75) is 19.5 Å². The summed E-state index contributed by atoms with van der Waals surface area (Å²) in [7, 11) is 3.15. The Bertz CT molecular complexity index is 1120. The van der Waals surface area contributed by atoms with Crippen LogP contribution >= 0.6 is 11.3 Å². The number of methoxy groups -OCH3 is 2. The lowest BCUT2D eigenvalue weighted by Gasteiger charge is -2.13. The molecular formula is C20H23N3O5S. The van der Waals surface area contributed by atoms with Gasteiger partial charge in [-0.15, -0.1) is 11.3 Å². The van der Waals surface area contributed by atoms with Crippen molar-refractivity contribution in [3.8, 4) is 5.75 Å². The molecule has 1 amide bonds. The molecule has 0 aliphatic carbocycles. The molecular weight excluding hydrogens is 394 g/mol. The molecule has 29 heavy (non-hydrogen) atoms. The number of fused-ring (bicyclic) bond motifs is 1. The first-order chi connectivity index (χ1) is 14.0. The van der Waals surface area contributed by atoms with E-state index in [-0.39, 0.29) is 24.6 Å². The summed E-state index contributed by atoms with van der Waals surface area (Å²) in [6.07, 6.45) is 0.681. The molecule has 0 saturated heterocycles. The number of rotatable bonds is 9.